The molecule has 0 rings (SSSR count). The Morgan fingerprint density at radius 2 is 2.27 bits per heavy atom. The highest BCUT2D eigenvalue weighted by atomic mass is 16.4. The molecule has 11 heavy (non-hydrogen) atoms. The minimum atomic E-state index is -1.01. The van der Waals surface area contributed by atoms with Crippen molar-refractivity contribution < 1.29 is 9.90 Å². The van der Waals surface area contributed by atoms with E-state index in [9.17, 15) is 4.79 Å². The largest absolute Gasteiger partial charge is 0.480 e. The van der Waals surface area contributed by atoms with Gasteiger partial charge in [0.25, 0.3) is 0 Å². The summed E-state index contributed by atoms with van der Waals surface area (Å²) in [5, 5.41) is 12.6. The molecule has 0 unspecified atom stereocenters. The number of carboxylic acid groups (broad SMARTS) is 1. The fourth-order valence-corrected chi connectivity index (χ4v) is 0.606. The summed E-state index contributed by atoms with van der Waals surface area (Å²) in [5.74, 6) is 9.57. The second kappa shape index (κ2) is 4.51. The van der Waals surface area contributed by atoms with Crippen molar-refractivity contribution in [3.63, 3.8) is 0 Å². The Bertz CT molecular complexity index is 168. The van der Waals surface area contributed by atoms with Gasteiger partial charge in [-0.05, 0) is 0 Å². The van der Waals surface area contributed by atoms with E-state index < -0.39 is 5.97 Å². The molecule has 0 spiro atoms. The standard InChI is InChI=1S/C5H12N4O2/c1-2-4(8-6)9(7)3-5(10)11/h2-3,6-7H2,1H3,(H,10,11)/b8-4-. The number of rotatable bonds is 3. The van der Waals surface area contributed by atoms with Crippen LogP contribution in [0, 0.1) is 0 Å². The van der Waals surface area contributed by atoms with E-state index in [0.717, 1.165) is 5.01 Å². The van der Waals surface area contributed by atoms with Crippen LogP contribution in [-0.4, -0.2) is 28.5 Å². The third-order valence-corrected chi connectivity index (χ3v) is 1.10. The van der Waals surface area contributed by atoms with Crippen LogP contribution in [0.2, 0.25) is 0 Å². The van der Waals surface area contributed by atoms with E-state index in [0.29, 0.717) is 12.3 Å². The van der Waals surface area contributed by atoms with Gasteiger partial charge in [0, 0.05) is 6.42 Å². The highest BCUT2D eigenvalue weighted by Crippen LogP contribution is 1.87. The van der Waals surface area contributed by atoms with Gasteiger partial charge >= 0.3 is 5.97 Å². The van der Waals surface area contributed by atoms with Gasteiger partial charge in [-0.15, -0.1) is 0 Å². The van der Waals surface area contributed by atoms with Crippen molar-refractivity contribution >= 4 is 11.8 Å². The average molecular weight is 160 g/mol. The van der Waals surface area contributed by atoms with E-state index in [1.54, 1.807) is 6.92 Å². The first-order valence-corrected chi connectivity index (χ1v) is 3.12. The monoisotopic (exact) mass is 160 g/mol. The van der Waals surface area contributed by atoms with Crippen molar-refractivity contribution in [3.8, 4) is 0 Å². The molecular weight excluding hydrogens is 148 g/mol. The first kappa shape index (κ1) is 9.70. The molecule has 0 bridgehead atoms. The van der Waals surface area contributed by atoms with Gasteiger partial charge in [-0.2, -0.15) is 5.10 Å². The Morgan fingerprint density at radius 3 is 2.55 bits per heavy atom. The molecule has 0 aromatic rings. The Hall–Kier alpha value is -1.30. The molecule has 0 aliphatic rings. The summed E-state index contributed by atoms with van der Waals surface area (Å²) in [7, 11) is 0. The molecule has 0 atom stereocenters. The van der Waals surface area contributed by atoms with E-state index in [-0.39, 0.29) is 6.54 Å². The van der Waals surface area contributed by atoms with Crippen LogP contribution in [-0.2, 0) is 4.79 Å². The van der Waals surface area contributed by atoms with Gasteiger partial charge < -0.3 is 10.9 Å². The molecule has 64 valence electrons. The smallest absolute Gasteiger partial charge is 0.324 e. The zero-order chi connectivity index (χ0) is 8.85. The fourth-order valence-electron chi connectivity index (χ4n) is 0.606. The SMILES string of the molecule is CC/C(=N/N)N(N)CC(=O)O. The fraction of sp³-hybridized carbons (Fsp3) is 0.600. The minimum absolute atomic E-state index is 0.288. The second-order valence-corrected chi connectivity index (χ2v) is 1.92. The molecule has 5 N–H and O–H groups in total. The summed E-state index contributed by atoms with van der Waals surface area (Å²) in [4.78, 5) is 10.1. The number of carbonyl (C=O) groups is 1. The van der Waals surface area contributed by atoms with Crippen molar-refractivity contribution in [2.75, 3.05) is 6.54 Å². The Labute approximate surface area is 64.4 Å². The zero-order valence-electron chi connectivity index (χ0n) is 6.32. The number of nitrogens with zero attached hydrogens (tertiary/aromatic N) is 2. The first-order valence-electron chi connectivity index (χ1n) is 3.12. The number of hydrazone groups is 1. The molecule has 0 saturated heterocycles. The lowest BCUT2D eigenvalue weighted by atomic mass is 10.4. The molecule has 0 aliphatic heterocycles. The number of carboxylic acids is 1. The number of hydrazine groups is 1. The van der Waals surface area contributed by atoms with Crippen molar-refractivity contribution in [2.45, 2.75) is 13.3 Å². The van der Waals surface area contributed by atoms with Crippen LogP contribution in [0.3, 0.4) is 0 Å². The van der Waals surface area contributed by atoms with Gasteiger partial charge in [0.05, 0.1) is 0 Å². The molecule has 0 heterocycles. The van der Waals surface area contributed by atoms with E-state index in [1.165, 1.54) is 0 Å². The summed E-state index contributed by atoms with van der Waals surface area (Å²) in [6, 6.07) is 0. The number of nitrogens with two attached hydrogens (primary N) is 2. The van der Waals surface area contributed by atoms with E-state index in [4.69, 9.17) is 16.8 Å². The van der Waals surface area contributed by atoms with Crippen molar-refractivity contribution in [2.24, 2.45) is 16.8 Å². The number of amidine groups is 1. The van der Waals surface area contributed by atoms with Crippen LogP contribution in [0.15, 0.2) is 5.10 Å². The summed E-state index contributed by atoms with van der Waals surface area (Å²) in [6.07, 6.45) is 0.514. The Balaban J connectivity index is 4.00. The molecular formula is C5H12N4O2. The zero-order valence-corrected chi connectivity index (χ0v) is 6.32. The molecule has 6 nitrogen and oxygen atoms in total. The maximum absolute atomic E-state index is 10.1. The first-order chi connectivity index (χ1) is 5.11. The van der Waals surface area contributed by atoms with Crippen molar-refractivity contribution in [3.05, 3.63) is 0 Å². The van der Waals surface area contributed by atoms with Gasteiger partial charge in [0.1, 0.15) is 12.4 Å². The maximum Gasteiger partial charge on any atom is 0.324 e. The third-order valence-electron chi connectivity index (χ3n) is 1.10. The maximum atomic E-state index is 10.1. The van der Waals surface area contributed by atoms with Crippen LogP contribution >= 0.6 is 0 Å². The van der Waals surface area contributed by atoms with Gasteiger partial charge in [-0.25, -0.2) is 5.84 Å². The van der Waals surface area contributed by atoms with Crippen LogP contribution in [0.4, 0.5) is 0 Å². The Morgan fingerprint density at radius 1 is 1.73 bits per heavy atom. The summed E-state index contributed by atoms with van der Waals surface area (Å²) >= 11 is 0. The van der Waals surface area contributed by atoms with Crippen LogP contribution in [0.5, 0.6) is 0 Å². The van der Waals surface area contributed by atoms with Crippen LogP contribution < -0.4 is 11.7 Å². The number of hydrogen-bond donors (Lipinski definition) is 3. The van der Waals surface area contributed by atoms with Crippen molar-refractivity contribution in [1.29, 1.82) is 0 Å². The van der Waals surface area contributed by atoms with E-state index >= 15 is 0 Å². The second-order valence-electron chi connectivity index (χ2n) is 1.92. The topological polar surface area (TPSA) is 105 Å². The number of hydrogen-bond acceptors (Lipinski definition) is 4. The summed E-state index contributed by atoms with van der Waals surface area (Å²) in [6.45, 7) is 1.50. The quantitative estimate of drug-likeness (QED) is 0.211. The molecule has 0 radical (unpaired) electrons. The van der Waals surface area contributed by atoms with Gasteiger partial charge in [0.2, 0.25) is 0 Å². The molecule has 0 aromatic heterocycles. The van der Waals surface area contributed by atoms with Gasteiger partial charge in [-0.3, -0.25) is 9.80 Å². The lowest BCUT2D eigenvalue weighted by molar-refractivity contribution is -0.137. The highest BCUT2D eigenvalue weighted by molar-refractivity contribution is 5.84. The van der Waals surface area contributed by atoms with Crippen LogP contribution in [0.1, 0.15) is 13.3 Å². The molecule has 6 heteroatoms. The number of aliphatic carboxylic acids is 1. The van der Waals surface area contributed by atoms with Crippen LogP contribution in [0.25, 0.3) is 0 Å². The van der Waals surface area contributed by atoms with Crippen molar-refractivity contribution in [1.82, 2.24) is 5.01 Å². The predicted octanol–water partition coefficient (Wildman–Crippen LogP) is -1.07. The lowest BCUT2D eigenvalue weighted by Gasteiger charge is -2.15. The molecule has 0 saturated carbocycles. The van der Waals surface area contributed by atoms with Gasteiger partial charge in [0.15, 0.2) is 0 Å². The molecule has 0 amide bonds. The third kappa shape index (κ3) is 3.41. The Kier molecular flexibility index (Phi) is 3.97. The average Bonchev–Trinajstić information content (AvgIpc) is 1.88. The molecule has 0 aromatic carbocycles. The summed E-state index contributed by atoms with van der Waals surface area (Å²) < 4.78 is 0. The summed E-state index contributed by atoms with van der Waals surface area (Å²) in [5.41, 5.74) is 0. The molecule has 0 fully saturated rings. The molecule has 0 aliphatic carbocycles. The van der Waals surface area contributed by atoms with E-state index in [1.807, 2.05) is 0 Å². The minimum Gasteiger partial charge on any atom is -0.480 e. The highest BCUT2D eigenvalue weighted by Gasteiger charge is 2.07. The van der Waals surface area contributed by atoms with Gasteiger partial charge in [-0.1, -0.05) is 6.92 Å². The van der Waals surface area contributed by atoms with E-state index in [2.05, 4.69) is 5.10 Å². The predicted molar refractivity (Wildman–Crippen MR) is 40.4 cm³/mol. The normalized spacial score (nSPS) is 11.3. The lowest BCUT2D eigenvalue weighted by Crippen LogP contribution is -2.41.